The number of hydrogen-bond donors (Lipinski definition) is 0. The third-order valence-electron chi connectivity index (χ3n) is 7.71. The van der Waals surface area contributed by atoms with Gasteiger partial charge in [-0.15, -0.1) is 0 Å². The molecule has 0 unspecified atom stereocenters. The van der Waals surface area contributed by atoms with Gasteiger partial charge in [0, 0.05) is 35.2 Å². The fourth-order valence-electron chi connectivity index (χ4n) is 3.91. The minimum atomic E-state index is -1.91. The molecule has 7 nitrogen and oxygen atoms in total. The average molecular weight is 566 g/mol. The summed E-state index contributed by atoms with van der Waals surface area (Å²) in [5.41, 5.74) is 4.08. The average Bonchev–Trinajstić information content (AvgIpc) is 3.52. The highest BCUT2D eigenvalue weighted by atomic mass is 32.1. The summed E-state index contributed by atoms with van der Waals surface area (Å²) in [5, 5.41) is 8.97. The Bertz CT molecular complexity index is 1430. The number of fused-ring (bicyclic) bond motifs is 3. The molecule has 1 aromatic carbocycles. The first-order chi connectivity index (χ1) is 18.2. The number of carbonyl (C=O) groups excluding carboxylic acids is 1. The first-order valence-corrected chi connectivity index (χ1v) is 16.9. The second-order valence-corrected chi connectivity index (χ2v) is 17.9. The lowest BCUT2D eigenvalue weighted by Crippen LogP contribution is -2.43. The summed E-state index contributed by atoms with van der Waals surface area (Å²) in [6.07, 6.45) is 0. The number of rotatable bonds is 5. The van der Waals surface area contributed by atoms with Crippen LogP contribution in [0.2, 0.25) is 18.1 Å². The van der Waals surface area contributed by atoms with Gasteiger partial charge in [0.05, 0.1) is 30.7 Å². The molecule has 4 rings (SSSR count). The molecule has 3 heterocycles. The molecule has 0 saturated carbocycles. The Hall–Kier alpha value is -3.06. The molecule has 0 N–H and O–H groups in total. The molecule has 1 aliphatic heterocycles. The van der Waals surface area contributed by atoms with Gasteiger partial charge in [0.1, 0.15) is 18.1 Å². The van der Waals surface area contributed by atoms with Crippen molar-refractivity contribution in [2.24, 2.45) is 0 Å². The van der Waals surface area contributed by atoms with Gasteiger partial charge in [-0.3, -0.25) is 4.79 Å². The van der Waals surface area contributed by atoms with E-state index in [9.17, 15) is 4.79 Å². The van der Waals surface area contributed by atoms with Gasteiger partial charge >= 0.3 is 0 Å². The van der Waals surface area contributed by atoms with E-state index in [2.05, 4.69) is 45.7 Å². The highest BCUT2D eigenvalue weighted by Crippen LogP contribution is 2.44. The normalized spacial score (nSPS) is 13.1. The van der Waals surface area contributed by atoms with Crippen LogP contribution in [-0.2, 0) is 11.0 Å². The molecule has 0 saturated heterocycles. The number of benzene rings is 1. The lowest BCUT2D eigenvalue weighted by molar-refractivity contribution is 0.0646. The molecule has 208 valence electrons. The van der Waals surface area contributed by atoms with Gasteiger partial charge in [-0.1, -0.05) is 32.6 Å². The van der Waals surface area contributed by atoms with Crippen LogP contribution >= 0.6 is 11.3 Å². The van der Waals surface area contributed by atoms with E-state index in [4.69, 9.17) is 19.0 Å². The Balaban J connectivity index is 1.80. The van der Waals surface area contributed by atoms with E-state index in [0.717, 1.165) is 28.1 Å². The first-order valence-electron chi connectivity index (χ1n) is 13.1. The van der Waals surface area contributed by atoms with E-state index in [0.29, 0.717) is 23.8 Å². The predicted octanol–water partition coefficient (Wildman–Crippen LogP) is 6.75. The zero-order valence-corrected chi connectivity index (χ0v) is 26.5. The van der Waals surface area contributed by atoms with Crippen LogP contribution < -0.4 is 9.47 Å². The Morgan fingerprint density at radius 2 is 1.95 bits per heavy atom. The standard InChI is InChI=1S/C30H39N3O4SSi/c1-29(2,3)32(7)28(34)26-23-18-36-25-17-24(35-8)20(12-11-14-37-39(9,10)30(4,5)6)16-22(25)27(23)33(31-26)21-13-15-38-19-21/h13,15-17,19H,14,18H2,1-10H3. The minimum absolute atomic E-state index is 0.113. The summed E-state index contributed by atoms with van der Waals surface area (Å²) in [4.78, 5) is 15.3. The van der Waals surface area contributed by atoms with Gasteiger partial charge in [0.25, 0.3) is 5.91 Å². The molecule has 1 aliphatic rings. The molecule has 39 heavy (non-hydrogen) atoms. The number of thiophene rings is 1. The maximum Gasteiger partial charge on any atom is 0.274 e. The zero-order valence-electron chi connectivity index (χ0n) is 24.7. The van der Waals surface area contributed by atoms with Crippen molar-refractivity contribution < 1.29 is 18.7 Å². The largest absolute Gasteiger partial charge is 0.495 e. The van der Waals surface area contributed by atoms with E-state index < -0.39 is 8.32 Å². The number of aromatic nitrogens is 2. The molecule has 0 radical (unpaired) electrons. The molecule has 0 atom stereocenters. The van der Waals surface area contributed by atoms with Crippen molar-refractivity contribution in [3.8, 4) is 40.3 Å². The van der Waals surface area contributed by atoms with Crippen LogP contribution in [0, 0.1) is 11.8 Å². The fraction of sp³-hybridized carbons (Fsp3) is 0.467. The maximum absolute atomic E-state index is 13.6. The van der Waals surface area contributed by atoms with E-state index in [1.54, 1.807) is 30.4 Å². The van der Waals surface area contributed by atoms with Crippen molar-refractivity contribution >= 4 is 25.6 Å². The summed E-state index contributed by atoms with van der Waals surface area (Å²) < 4.78 is 19.9. The lowest BCUT2D eigenvalue weighted by Gasteiger charge is -2.35. The number of amides is 1. The monoisotopic (exact) mass is 565 g/mol. The van der Waals surface area contributed by atoms with Crippen molar-refractivity contribution in [2.45, 2.75) is 71.8 Å². The van der Waals surface area contributed by atoms with Gasteiger partial charge in [0.2, 0.25) is 0 Å². The van der Waals surface area contributed by atoms with Crippen molar-refractivity contribution in [2.75, 3.05) is 20.8 Å². The predicted molar refractivity (Wildman–Crippen MR) is 160 cm³/mol. The highest BCUT2D eigenvalue weighted by molar-refractivity contribution is 7.08. The van der Waals surface area contributed by atoms with E-state index >= 15 is 0 Å². The van der Waals surface area contributed by atoms with Crippen molar-refractivity contribution in [1.82, 2.24) is 14.7 Å². The molecular weight excluding hydrogens is 527 g/mol. The third kappa shape index (κ3) is 5.65. The van der Waals surface area contributed by atoms with Crippen LogP contribution in [0.25, 0.3) is 16.9 Å². The number of methoxy groups -OCH3 is 1. The van der Waals surface area contributed by atoms with E-state index in [1.807, 2.05) is 54.4 Å². The molecule has 0 spiro atoms. The Labute approximate surface area is 237 Å². The van der Waals surface area contributed by atoms with Gasteiger partial charge in [0.15, 0.2) is 14.0 Å². The third-order valence-corrected chi connectivity index (χ3v) is 12.9. The van der Waals surface area contributed by atoms with Crippen LogP contribution in [-0.4, -0.2) is 55.2 Å². The molecule has 0 bridgehead atoms. The van der Waals surface area contributed by atoms with E-state index in [-0.39, 0.29) is 23.1 Å². The Kier molecular flexibility index (Phi) is 7.78. The molecular formula is C30H39N3O4SSi. The highest BCUT2D eigenvalue weighted by Gasteiger charge is 2.37. The summed E-state index contributed by atoms with van der Waals surface area (Å²) in [6.45, 7) is 17.7. The topological polar surface area (TPSA) is 65.8 Å². The molecule has 1 amide bonds. The van der Waals surface area contributed by atoms with E-state index in [1.165, 1.54) is 0 Å². The van der Waals surface area contributed by atoms with Crippen LogP contribution in [0.1, 0.15) is 63.2 Å². The van der Waals surface area contributed by atoms with Crippen LogP contribution in [0.3, 0.4) is 0 Å². The molecule has 0 fully saturated rings. The molecule has 0 aliphatic carbocycles. The zero-order chi connectivity index (χ0) is 28.8. The second kappa shape index (κ2) is 10.5. The van der Waals surface area contributed by atoms with Gasteiger partial charge < -0.3 is 18.8 Å². The van der Waals surface area contributed by atoms with Crippen LogP contribution in [0.5, 0.6) is 11.5 Å². The molecule has 2 aromatic heterocycles. The summed E-state index contributed by atoms with van der Waals surface area (Å²) in [7, 11) is 1.53. The van der Waals surface area contributed by atoms with Crippen molar-refractivity contribution in [3.63, 3.8) is 0 Å². The van der Waals surface area contributed by atoms with Crippen molar-refractivity contribution in [1.29, 1.82) is 0 Å². The van der Waals surface area contributed by atoms with Gasteiger partial charge in [-0.2, -0.15) is 16.4 Å². The smallest absolute Gasteiger partial charge is 0.274 e. The summed E-state index contributed by atoms with van der Waals surface area (Å²) in [5.74, 6) is 7.60. The van der Waals surface area contributed by atoms with Crippen molar-refractivity contribution in [3.05, 3.63) is 45.8 Å². The number of hydrogen-bond acceptors (Lipinski definition) is 6. The lowest BCUT2D eigenvalue weighted by atomic mass is 9.98. The van der Waals surface area contributed by atoms with Gasteiger partial charge in [-0.25, -0.2) is 4.68 Å². The SMILES string of the molecule is COc1cc2c(cc1C#CCO[Si](C)(C)C(C)(C)C)-c1c(c(C(=O)N(C)C(C)(C)C)nn1-c1ccsc1)CO2. The molecule has 9 heteroatoms. The first kappa shape index (κ1) is 28.9. The number of carbonyl (C=O) groups is 1. The Morgan fingerprint density at radius 1 is 1.23 bits per heavy atom. The number of nitrogens with zero attached hydrogens (tertiary/aromatic N) is 3. The number of ether oxygens (including phenoxy) is 2. The van der Waals surface area contributed by atoms with Crippen LogP contribution in [0.15, 0.2) is 29.0 Å². The Morgan fingerprint density at radius 3 is 2.54 bits per heavy atom. The summed E-state index contributed by atoms with van der Waals surface area (Å²) >= 11 is 1.58. The van der Waals surface area contributed by atoms with Crippen LogP contribution in [0.4, 0.5) is 0 Å². The quantitative estimate of drug-likeness (QED) is 0.253. The minimum Gasteiger partial charge on any atom is -0.495 e. The fourth-order valence-corrected chi connectivity index (χ4v) is 5.39. The summed E-state index contributed by atoms with van der Waals surface area (Å²) in [6, 6.07) is 5.83. The molecule has 3 aromatic rings. The maximum atomic E-state index is 13.6. The second-order valence-electron chi connectivity index (χ2n) is 12.3. The van der Waals surface area contributed by atoms with Gasteiger partial charge in [-0.05, 0) is 56.4 Å².